The molecule has 2 aliphatic heterocycles. The molecular weight excluding hydrogens is 471 g/mol. The van der Waals surface area contributed by atoms with Crippen LogP contribution in [-0.2, 0) is 9.53 Å². The van der Waals surface area contributed by atoms with Crippen molar-refractivity contribution < 1.29 is 23.5 Å². The van der Waals surface area contributed by atoms with Crippen LogP contribution in [0.5, 0.6) is 0 Å². The molecule has 4 rings (SSSR count). The van der Waals surface area contributed by atoms with Crippen LogP contribution < -0.4 is 5.32 Å². The van der Waals surface area contributed by atoms with Crippen LogP contribution in [0.15, 0.2) is 53.0 Å². The number of benzene rings is 1. The maximum atomic E-state index is 13.6. The van der Waals surface area contributed by atoms with E-state index in [1.165, 1.54) is 23.5 Å². The molecule has 186 valence electrons. The van der Waals surface area contributed by atoms with E-state index in [0.717, 1.165) is 0 Å². The lowest BCUT2D eigenvalue weighted by molar-refractivity contribution is -0.139. The van der Waals surface area contributed by atoms with Gasteiger partial charge in [-0.1, -0.05) is 18.2 Å². The van der Waals surface area contributed by atoms with Crippen LogP contribution in [0, 0.1) is 5.82 Å². The molecule has 0 radical (unpaired) electrons. The average molecular weight is 501 g/mol. The molecule has 8 nitrogen and oxygen atoms in total. The number of urea groups is 1. The van der Waals surface area contributed by atoms with E-state index in [0.29, 0.717) is 61.0 Å². The number of halogens is 1. The minimum absolute atomic E-state index is 0.0229. The van der Waals surface area contributed by atoms with E-state index in [9.17, 15) is 18.8 Å². The number of esters is 1. The van der Waals surface area contributed by atoms with Crippen LogP contribution >= 0.6 is 11.3 Å². The van der Waals surface area contributed by atoms with Gasteiger partial charge in [0.25, 0.3) is 5.91 Å². The average Bonchev–Trinajstić information content (AvgIpc) is 3.40. The van der Waals surface area contributed by atoms with E-state index < -0.39 is 17.8 Å². The Hall–Kier alpha value is -3.24. The van der Waals surface area contributed by atoms with E-state index in [1.807, 2.05) is 29.3 Å². The number of hydrogen-bond acceptors (Lipinski definition) is 6. The summed E-state index contributed by atoms with van der Waals surface area (Å²) < 4.78 is 18.9. The Labute approximate surface area is 207 Å². The summed E-state index contributed by atoms with van der Waals surface area (Å²) in [6.45, 7) is 6.82. The highest BCUT2D eigenvalue weighted by atomic mass is 32.1. The number of ether oxygens (including phenoxy) is 1. The number of carbonyl (C=O) groups is 3. The summed E-state index contributed by atoms with van der Waals surface area (Å²) in [7, 11) is 0. The van der Waals surface area contributed by atoms with Gasteiger partial charge >= 0.3 is 12.0 Å². The van der Waals surface area contributed by atoms with Crippen molar-refractivity contribution in [3.63, 3.8) is 0 Å². The largest absolute Gasteiger partial charge is 0.463 e. The van der Waals surface area contributed by atoms with Crippen molar-refractivity contribution in [3.8, 4) is 0 Å². The number of rotatable bonds is 7. The Morgan fingerprint density at radius 1 is 1.11 bits per heavy atom. The second-order valence-electron chi connectivity index (χ2n) is 8.30. The predicted octanol–water partition coefficient (Wildman–Crippen LogP) is 3.25. The zero-order chi connectivity index (χ0) is 24.9. The maximum Gasteiger partial charge on any atom is 0.338 e. The van der Waals surface area contributed by atoms with E-state index in [2.05, 4.69) is 10.2 Å². The van der Waals surface area contributed by atoms with E-state index >= 15 is 0 Å². The third-order valence-corrected chi connectivity index (χ3v) is 7.08. The molecule has 1 saturated heterocycles. The predicted molar refractivity (Wildman–Crippen MR) is 130 cm³/mol. The van der Waals surface area contributed by atoms with Crippen molar-refractivity contribution in [2.45, 2.75) is 19.9 Å². The second kappa shape index (κ2) is 11.0. The fourth-order valence-corrected chi connectivity index (χ4v) is 5.13. The quantitative estimate of drug-likeness (QED) is 0.591. The SMILES string of the molecule is CCOC(=O)C1=C(CN2CCN(C(=O)c3cccs3)CC2)N(CC)C(=O)N[C@H]1c1ccc(F)cc1. The van der Waals surface area contributed by atoms with Crippen molar-refractivity contribution in [3.05, 3.63) is 69.3 Å². The molecule has 0 bridgehead atoms. The summed E-state index contributed by atoms with van der Waals surface area (Å²) in [5, 5.41) is 4.77. The molecule has 3 amide bonds. The molecule has 1 fully saturated rings. The smallest absolute Gasteiger partial charge is 0.338 e. The van der Waals surface area contributed by atoms with E-state index in [-0.39, 0.29) is 18.5 Å². The first-order valence-electron chi connectivity index (χ1n) is 11.7. The maximum absolute atomic E-state index is 13.6. The number of nitrogens with one attached hydrogen (secondary N) is 1. The van der Waals surface area contributed by atoms with Crippen molar-refractivity contribution in [1.82, 2.24) is 20.0 Å². The number of likely N-dealkylation sites (N-methyl/N-ethyl adjacent to an activating group) is 1. The van der Waals surface area contributed by atoms with Crippen molar-refractivity contribution in [1.29, 1.82) is 0 Å². The van der Waals surface area contributed by atoms with Crippen molar-refractivity contribution >= 4 is 29.2 Å². The fourth-order valence-electron chi connectivity index (χ4n) is 4.44. The van der Waals surface area contributed by atoms with E-state index in [4.69, 9.17) is 4.74 Å². The Morgan fingerprint density at radius 3 is 2.43 bits per heavy atom. The van der Waals surface area contributed by atoms with Gasteiger partial charge in [0.2, 0.25) is 0 Å². The standard InChI is InChI=1S/C25H29FN4O4S/c1-3-30-19(16-28-11-13-29(14-12-28)23(31)20-6-5-15-35-20)21(24(32)34-4-2)22(27-25(30)33)17-7-9-18(26)10-8-17/h5-10,15,22H,3-4,11-14,16H2,1-2H3,(H,27,33)/t22-/m0/s1. The van der Waals surface area contributed by atoms with Crippen LogP contribution in [0.1, 0.15) is 35.1 Å². The molecule has 10 heteroatoms. The van der Waals surface area contributed by atoms with Gasteiger partial charge in [0.05, 0.1) is 23.1 Å². The Kier molecular flexibility index (Phi) is 7.82. The third-order valence-electron chi connectivity index (χ3n) is 6.22. The molecule has 1 atom stereocenters. The summed E-state index contributed by atoms with van der Waals surface area (Å²) in [6, 6.07) is 8.35. The molecule has 1 aromatic heterocycles. The highest BCUT2D eigenvalue weighted by Crippen LogP contribution is 2.32. The fraction of sp³-hybridized carbons (Fsp3) is 0.400. The Morgan fingerprint density at radius 2 is 1.83 bits per heavy atom. The molecular formula is C25H29FN4O4S. The highest BCUT2D eigenvalue weighted by Gasteiger charge is 2.38. The van der Waals surface area contributed by atoms with Crippen LogP contribution in [0.3, 0.4) is 0 Å². The molecule has 35 heavy (non-hydrogen) atoms. The Balaban J connectivity index is 1.61. The first-order chi connectivity index (χ1) is 16.9. The van der Waals surface area contributed by atoms with Crippen LogP contribution in [0.2, 0.25) is 0 Å². The zero-order valence-corrected chi connectivity index (χ0v) is 20.6. The summed E-state index contributed by atoms with van der Waals surface area (Å²) in [4.78, 5) is 45.1. The molecule has 3 heterocycles. The number of carbonyl (C=O) groups excluding carboxylic acids is 3. The summed E-state index contributed by atoms with van der Waals surface area (Å²) in [6.07, 6.45) is 0. The molecule has 0 spiro atoms. The highest BCUT2D eigenvalue weighted by molar-refractivity contribution is 7.12. The minimum Gasteiger partial charge on any atom is -0.463 e. The summed E-state index contributed by atoms with van der Waals surface area (Å²) in [5.74, 6) is -0.889. The van der Waals surface area contributed by atoms with Crippen molar-refractivity contribution in [2.24, 2.45) is 0 Å². The second-order valence-corrected chi connectivity index (χ2v) is 9.25. The van der Waals surface area contributed by atoms with Crippen LogP contribution in [-0.4, -0.2) is 78.5 Å². The molecule has 0 aliphatic carbocycles. The first-order valence-corrected chi connectivity index (χ1v) is 12.6. The lowest BCUT2D eigenvalue weighted by atomic mass is 9.94. The van der Waals surface area contributed by atoms with Gasteiger partial charge in [0.1, 0.15) is 5.82 Å². The molecule has 1 N–H and O–H groups in total. The third kappa shape index (κ3) is 5.38. The molecule has 0 saturated carbocycles. The molecule has 2 aromatic rings. The molecule has 0 unspecified atom stereocenters. The van der Waals surface area contributed by atoms with Gasteiger partial charge in [-0.05, 0) is 43.0 Å². The van der Waals surface area contributed by atoms with Gasteiger partial charge in [-0.2, -0.15) is 0 Å². The van der Waals surface area contributed by atoms with Gasteiger partial charge in [0.15, 0.2) is 0 Å². The summed E-state index contributed by atoms with van der Waals surface area (Å²) >= 11 is 1.43. The lowest BCUT2D eigenvalue weighted by Gasteiger charge is -2.40. The number of hydrogen-bond donors (Lipinski definition) is 1. The Bertz CT molecular complexity index is 1100. The van der Waals surface area contributed by atoms with Crippen LogP contribution in [0.25, 0.3) is 0 Å². The topological polar surface area (TPSA) is 82.2 Å². The number of piperazine rings is 1. The number of thiophene rings is 1. The first kappa shape index (κ1) is 24.9. The van der Waals surface area contributed by atoms with Gasteiger partial charge in [-0.25, -0.2) is 14.0 Å². The zero-order valence-electron chi connectivity index (χ0n) is 19.8. The summed E-state index contributed by atoms with van der Waals surface area (Å²) in [5.41, 5.74) is 1.52. The molecule has 1 aromatic carbocycles. The number of amides is 3. The minimum atomic E-state index is -0.748. The van der Waals surface area contributed by atoms with Gasteiger partial charge in [-0.3, -0.25) is 14.6 Å². The normalized spacial score (nSPS) is 19.1. The van der Waals surface area contributed by atoms with Gasteiger partial charge < -0.3 is 15.0 Å². The van der Waals surface area contributed by atoms with Crippen LogP contribution in [0.4, 0.5) is 9.18 Å². The van der Waals surface area contributed by atoms with E-state index in [1.54, 1.807) is 24.0 Å². The lowest BCUT2D eigenvalue weighted by Crippen LogP contribution is -2.53. The van der Waals surface area contributed by atoms with Gasteiger partial charge in [-0.15, -0.1) is 11.3 Å². The monoisotopic (exact) mass is 500 g/mol. The molecule has 2 aliphatic rings. The van der Waals surface area contributed by atoms with Crippen molar-refractivity contribution in [2.75, 3.05) is 45.9 Å². The van der Waals surface area contributed by atoms with Gasteiger partial charge in [0, 0.05) is 45.0 Å². The number of nitrogens with zero attached hydrogens (tertiary/aromatic N) is 3.